The molecule has 15 nitrogen and oxygen atoms in total. The highest BCUT2D eigenvalue weighted by atomic mass is 16.7. The van der Waals surface area contributed by atoms with Crippen LogP contribution in [-0.4, -0.2) is 142 Å². The minimum Gasteiger partial charge on any atom is -0.497 e. The van der Waals surface area contributed by atoms with Crippen LogP contribution in [0, 0.1) is 0 Å². The van der Waals surface area contributed by atoms with Crippen LogP contribution in [0.3, 0.4) is 0 Å². The minimum absolute atomic E-state index is 0.0843. The second kappa shape index (κ2) is 28.5. The van der Waals surface area contributed by atoms with Crippen molar-refractivity contribution >= 4 is 23.6 Å². The number of hydrogen-bond acceptors (Lipinski definition) is 13. The number of carbonyl (C=O) groups excluding carboxylic acids is 2. The summed E-state index contributed by atoms with van der Waals surface area (Å²) in [6.45, 7) is 6.70. The molecule has 0 heterocycles. The summed E-state index contributed by atoms with van der Waals surface area (Å²) < 4.78 is 45.5. The third-order valence-corrected chi connectivity index (χ3v) is 10.9. The zero-order chi connectivity index (χ0) is 47.8. The maximum Gasteiger partial charge on any atom is 0.410 e. The van der Waals surface area contributed by atoms with Crippen molar-refractivity contribution < 1.29 is 47.5 Å². The SMILES string of the molecule is COc1ccc(CN(Cc2ccc(N(C)C)cc2)C(=O)OCCOC(C)OCCC(CCOC(C)OCCOC(=O)N(Cc2ccc(OC)cc2)Cc2ccc(N(C)C)cc2)N(C)C)cc1. The highest BCUT2D eigenvalue weighted by Gasteiger charge is 2.20. The van der Waals surface area contributed by atoms with E-state index in [4.69, 9.17) is 37.9 Å². The van der Waals surface area contributed by atoms with E-state index in [1.807, 2.05) is 163 Å². The lowest BCUT2D eigenvalue weighted by atomic mass is 10.1. The number of hydrogen-bond donors (Lipinski definition) is 0. The molecule has 0 N–H and O–H groups in total. The summed E-state index contributed by atoms with van der Waals surface area (Å²) in [5, 5.41) is 0. The molecule has 2 unspecified atom stereocenters. The van der Waals surface area contributed by atoms with E-state index < -0.39 is 24.8 Å². The van der Waals surface area contributed by atoms with E-state index in [-0.39, 0.29) is 32.5 Å². The highest BCUT2D eigenvalue weighted by Crippen LogP contribution is 2.20. The quantitative estimate of drug-likeness (QED) is 0.0384. The first-order valence-corrected chi connectivity index (χ1v) is 22.5. The molecule has 0 aliphatic rings. The first-order chi connectivity index (χ1) is 31.7. The third-order valence-electron chi connectivity index (χ3n) is 10.9. The summed E-state index contributed by atoms with van der Waals surface area (Å²) in [6, 6.07) is 31.7. The van der Waals surface area contributed by atoms with Crippen LogP contribution in [-0.2, 0) is 54.6 Å². The number of nitrogens with zero attached hydrogens (tertiary/aromatic N) is 5. The minimum atomic E-state index is -0.486. The molecular weight excluding hydrogens is 843 g/mol. The monoisotopic (exact) mass is 916 g/mol. The first kappa shape index (κ1) is 53.0. The second-order valence-electron chi connectivity index (χ2n) is 16.6. The molecule has 0 fully saturated rings. The van der Waals surface area contributed by atoms with Gasteiger partial charge in [-0.3, -0.25) is 9.80 Å². The number of rotatable bonds is 29. The van der Waals surface area contributed by atoms with Crippen LogP contribution in [0.1, 0.15) is 48.9 Å². The molecule has 0 aliphatic heterocycles. The Balaban J connectivity index is 1.13. The number of anilines is 2. The van der Waals surface area contributed by atoms with Crippen molar-refractivity contribution in [2.24, 2.45) is 0 Å². The number of methoxy groups -OCH3 is 2. The first-order valence-electron chi connectivity index (χ1n) is 22.5. The van der Waals surface area contributed by atoms with Gasteiger partial charge in [0.25, 0.3) is 0 Å². The van der Waals surface area contributed by atoms with E-state index in [9.17, 15) is 9.59 Å². The van der Waals surface area contributed by atoms with Crippen molar-refractivity contribution in [1.29, 1.82) is 0 Å². The Morgan fingerprint density at radius 3 is 1.03 bits per heavy atom. The Kier molecular flexibility index (Phi) is 22.9. The summed E-state index contributed by atoms with van der Waals surface area (Å²) in [5.41, 5.74) is 6.07. The predicted molar refractivity (Wildman–Crippen MR) is 258 cm³/mol. The van der Waals surface area contributed by atoms with Gasteiger partial charge in [0.1, 0.15) is 24.7 Å². The predicted octanol–water partition coefficient (Wildman–Crippen LogP) is 8.28. The summed E-state index contributed by atoms with van der Waals surface area (Å²) in [5.74, 6) is 1.50. The Morgan fingerprint density at radius 2 is 0.742 bits per heavy atom. The van der Waals surface area contributed by atoms with Crippen molar-refractivity contribution in [2.45, 2.75) is 71.5 Å². The van der Waals surface area contributed by atoms with Crippen LogP contribution in [0.25, 0.3) is 0 Å². The van der Waals surface area contributed by atoms with Crippen LogP contribution in [0.5, 0.6) is 11.5 Å². The smallest absolute Gasteiger partial charge is 0.410 e. The molecule has 0 spiro atoms. The molecule has 66 heavy (non-hydrogen) atoms. The normalized spacial score (nSPS) is 12.5. The lowest BCUT2D eigenvalue weighted by Gasteiger charge is -2.26. The number of ether oxygens (including phenoxy) is 8. The molecule has 0 aromatic heterocycles. The standard InChI is InChI=1S/C51H73N5O10/c1-39(63-31-33-65-50(57)55(37-43-15-23-48(59-9)24-16-43)35-41-11-19-45(20-12-41)52(3)4)61-29-27-47(54(7)8)28-30-62-40(2)64-32-34-66-51(58)56(38-44-17-25-49(60-10)26-18-44)36-42-13-21-46(22-14-42)53(5)6/h11-26,39-40,47H,27-38H2,1-10H3. The van der Waals surface area contributed by atoms with E-state index in [1.165, 1.54) is 0 Å². The van der Waals surface area contributed by atoms with Crippen LogP contribution in [0.15, 0.2) is 97.1 Å². The van der Waals surface area contributed by atoms with Gasteiger partial charge in [0.15, 0.2) is 12.6 Å². The molecule has 0 radical (unpaired) electrons. The van der Waals surface area contributed by atoms with Gasteiger partial charge in [0, 0.05) is 71.8 Å². The topological polar surface area (TPSA) is 124 Å². The van der Waals surface area contributed by atoms with E-state index >= 15 is 0 Å². The lowest BCUT2D eigenvalue weighted by molar-refractivity contribution is -0.144. The number of benzene rings is 4. The average Bonchev–Trinajstić information content (AvgIpc) is 3.31. The summed E-state index contributed by atoms with van der Waals surface area (Å²) in [7, 11) is 15.3. The molecule has 4 rings (SSSR count). The molecule has 0 saturated carbocycles. The summed E-state index contributed by atoms with van der Waals surface area (Å²) in [6.07, 6.45) is -0.319. The Bertz CT molecular complexity index is 1830. The average molecular weight is 916 g/mol. The molecule has 15 heteroatoms. The van der Waals surface area contributed by atoms with E-state index in [1.54, 1.807) is 24.0 Å². The molecular formula is C51H73N5O10. The Morgan fingerprint density at radius 1 is 0.439 bits per heavy atom. The zero-order valence-corrected chi connectivity index (χ0v) is 40.8. The highest BCUT2D eigenvalue weighted by molar-refractivity contribution is 5.68. The molecule has 0 bridgehead atoms. The van der Waals surface area contributed by atoms with Gasteiger partial charge in [-0.15, -0.1) is 0 Å². The summed E-state index contributed by atoms with van der Waals surface area (Å²) >= 11 is 0. The molecule has 2 atom stereocenters. The lowest BCUT2D eigenvalue weighted by Crippen LogP contribution is -2.33. The van der Waals surface area contributed by atoms with Gasteiger partial charge in [-0.1, -0.05) is 48.5 Å². The number of amides is 2. The molecule has 0 aliphatic carbocycles. The van der Waals surface area contributed by atoms with Crippen LogP contribution >= 0.6 is 0 Å². The fourth-order valence-electron chi connectivity index (χ4n) is 6.88. The van der Waals surface area contributed by atoms with Gasteiger partial charge in [-0.05, 0) is 112 Å². The Hall–Kier alpha value is -5.58. The van der Waals surface area contributed by atoms with Crippen LogP contribution in [0.2, 0.25) is 0 Å². The van der Waals surface area contributed by atoms with Gasteiger partial charge < -0.3 is 52.6 Å². The van der Waals surface area contributed by atoms with E-state index in [0.29, 0.717) is 39.4 Å². The third kappa shape index (κ3) is 19.1. The van der Waals surface area contributed by atoms with Crippen molar-refractivity contribution in [3.8, 4) is 11.5 Å². The molecule has 4 aromatic carbocycles. The van der Waals surface area contributed by atoms with Crippen molar-refractivity contribution in [1.82, 2.24) is 14.7 Å². The van der Waals surface area contributed by atoms with Crippen molar-refractivity contribution in [3.63, 3.8) is 0 Å². The largest absolute Gasteiger partial charge is 0.497 e. The fourth-order valence-corrected chi connectivity index (χ4v) is 6.88. The van der Waals surface area contributed by atoms with Crippen molar-refractivity contribution in [2.75, 3.05) is 106 Å². The van der Waals surface area contributed by atoms with E-state index in [0.717, 1.165) is 58.0 Å². The maximum atomic E-state index is 13.3. The zero-order valence-electron chi connectivity index (χ0n) is 40.8. The van der Waals surface area contributed by atoms with Crippen molar-refractivity contribution in [3.05, 3.63) is 119 Å². The van der Waals surface area contributed by atoms with Gasteiger partial charge in [0.05, 0.1) is 40.6 Å². The molecule has 2 amide bonds. The van der Waals surface area contributed by atoms with Gasteiger partial charge in [0.2, 0.25) is 0 Å². The van der Waals surface area contributed by atoms with Crippen LogP contribution in [0.4, 0.5) is 21.0 Å². The summed E-state index contributed by atoms with van der Waals surface area (Å²) in [4.78, 5) is 36.2. The van der Waals surface area contributed by atoms with Gasteiger partial charge in [-0.2, -0.15) is 0 Å². The van der Waals surface area contributed by atoms with Gasteiger partial charge >= 0.3 is 12.2 Å². The molecule has 4 aromatic rings. The maximum absolute atomic E-state index is 13.3. The Labute approximate surface area is 392 Å². The molecule has 362 valence electrons. The number of carbonyl (C=O) groups is 2. The fraction of sp³-hybridized carbons (Fsp3) is 0.490. The molecule has 0 saturated heterocycles. The van der Waals surface area contributed by atoms with Gasteiger partial charge in [-0.25, -0.2) is 9.59 Å². The second-order valence-corrected chi connectivity index (χ2v) is 16.6. The van der Waals surface area contributed by atoms with E-state index in [2.05, 4.69) is 4.90 Å². The van der Waals surface area contributed by atoms with Crippen LogP contribution < -0.4 is 19.3 Å².